The van der Waals surface area contributed by atoms with Gasteiger partial charge in [-0.1, -0.05) is 0 Å². The van der Waals surface area contributed by atoms with Gasteiger partial charge in [0, 0.05) is 5.75 Å². The second-order valence-corrected chi connectivity index (χ2v) is 4.23. The molecule has 1 aliphatic heterocycles. The number of thioether (sulfide) groups is 1. The van der Waals surface area contributed by atoms with Crippen LogP contribution in [0.15, 0.2) is 10.7 Å². The topological polar surface area (TPSA) is 57.0 Å². The second-order valence-electron chi connectivity index (χ2n) is 3.08. The molecular formula is C7H12N4OS. The van der Waals surface area contributed by atoms with Crippen LogP contribution in [0.5, 0.6) is 0 Å². The quantitative estimate of drug-likeness (QED) is 0.660. The third kappa shape index (κ3) is 1.72. The Morgan fingerprint density at radius 3 is 3.23 bits per heavy atom. The van der Waals surface area contributed by atoms with E-state index >= 15 is 0 Å². The molecule has 72 valence electrons. The number of nitrogens with one attached hydrogen (secondary N) is 1. The molecule has 1 atom stereocenters. The summed E-state index contributed by atoms with van der Waals surface area (Å²) in [7, 11) is 1.97. The molecule has 1 N–H and O–H groups in total. The molecular weight excluding hydrogens is 188 g/mol. The first-order valence-corrected chi connectivity index (χ1v) is 5.34. The van der Waals surface area contributed by atoms with Crippen LogP contribution in [0.2, 0.25) is 0 Å². The highest BCUT2D eigenvalue weighted by Crippen LogP contribution is 2.19. The largest absolute Gasteiger partial charge is 0.660 e. The molecule has 13 heavy (non-hydrogen) atoms. The van der Waals surface area contributed by atoms with Crippen molar-refractivity contribution < 1.29 is 9.31 Å². The second kappa shape index (κ2) is 3.45. The van der Waals surface area contributed by atoms with E-state index in [1.54, 1.807) is 11.0 Å². The SMILES string of the molecule is CN(C1CCSC1)[n+]1cc([NH-])on1. The summed E-state index contributed by atoms with van der Waals surface area (Å²) in [5.41, 5.74) is 7.20. The van der Waals surface area contributed by atoms with Crippen LogP contribution in [-0.4, -0.2) is 29.9 Å². The normalized spacial score (nSPS) is 22.1. The van der Waals surface area contributed by atoms with Crippen molar-refractivity contribution in [3.05, 3.63) is 11.9 Å². The number of hydrogen-bond donors (Lipinski definition) is 0. The van der Waals surface area contributed by atoms with Gasteiger partial charge in [0.05, 0.1) is 17.9 Å². The Morgan fingerprint density at radius 2 is 2.69 bits per heavy atom. The Hall–Kier alpha value is -0.910. The standard InChI is InChI=1S/C7H12N4OS/c1-10(6-2-3-13-5-6)11-4-7(8)12-9-11/h4,6,8H,2-3,5H2,1H3. The maximum atomic E-state index is 7.20. The Kier molecular flexibility index (Phi) is 2.30. The van der Waals surface area contributed by atoms with E-state index in [9.17, 15) is 0 Å². The lowest BCUT2D eigenvalue weighted by Crippen LogP contribution is -2.61. The van der Waals surface area contributed by atoms with Crippen molar-refractivity contribution in [3.63, 3.8) is 0 Å². The van der Waals surface area contributed by atoms with Crippen LogP contribution in [0.1, 0.15) is 6.42 Å². The zero-order valence-corrected chi connectivity index (χ0v) is 8.25. The zero-order chi connectivity index (χ0) is 9.26. The first kappa shape index (κ1) is 8.68. The minimum Gasteiger partial charge on any atom is -0.660 e. The van der Waals surface area contributed by atoms with Crippen LogP contribution in [-0.2, 0) is 0 Å². The monoisotopic (exact) mass is 200 g/mol. The lowest BCUT2D eigenvalue weighted by Gasteiger charge is -2.13. The van der Waals surface area contributed by atoms with Gasteiger partial charge in [0.25, 0.3) is 6.20 Å². The van der Waals surface area contributed by atoms with Crippen molar-refractivity contribution in [1.29, 1.82) is 0 Å². The Bertz CT molecular complexity index is 284. The Balaban J connectivity index is 2.07. The van der Waals surface area contributed by atoms with Gasteiger partial charge in [-0.05, 0) is 12.2 Å². The van der Waals surface area contributed by atoms with Gasteiger partial charge < -0.3 is 10.3 Å². The molecule has 1 fully saturated rings. The number of rotatable bonds is 2. The van der Waals surface area contributed by atoms with Crippen LogP contribution < -0.4 is 9.80 Å². The molecule has 0 amide bonds. The van der Waals surface area contributed by atoms with Crippen molar-refractivity contribution >= 4 is 17.6 Å². The summed E-state index contributed by atoms with van der Waals surface area (Å²) in [4.78, 5) is 1.60. The van der Waals surface area contributed by atoms with E-state index in [2.05, 4.69) is 9.79 Å². The van der Waals surface area contributed by atoms with E-state index in [0.717, 1.165) is 5.75 Å². The van der Waals surface area contributed by atoms with Crippen molar-refractivity contribution in [3.8, 4) is 0 Å². The molecule has 5 nitrogen and oxygen atoms in total. The highest BCUT2D eigenvalue weighted by atomic mass is 32.2. The molecule has 2 heterocycles. The summed E-state index contributed by atoms with van der Waals surface area (Å²) in [5.74, 6) is 2.43. The summed E-state index contributed by atoms with van der Waals surface area (Å²) in [6, 6.07) is 0.513. The minimum absolute atomic E-state index is 0.0949. The van der Waals surface area contributed by atoms with Gasteiger partial charge in [0.2, 0.25) is 5.27 Å². The molecule has 2 rings (SSSR count). The van der Waals surface area contributed by atoms with Crippen LogP contribution in [0.3, 0.4) is 0 Å². The van der Waals surface area contributed by atoms with Crippen molar-refractivity contribution in [2.45, 2.75) is 12.5 Å². The fraction of sp³-hybridized carbons (Fsp3) is 0.714. The van der Waals surface area contributed by atoms with E-state index < -0.39 is 0 Å². The molecule has 1 aliphatic rings. The van der Waals surface area contributed by atoms with E-state index in [0.29, 0.717) is 6.04 Å². The van der Waals surface area contributed by atoms with E-state index in [1.807, 2.05) is 23.8 Å². The molecule has 0 aliphatic carbocycles. The molecule has 1 unspecified atom stereocenters. The third-order valence-electron chi connectivity index (χ3n) is 2.21. The average Bonchev–Trinajstić information content (AvgIpc) is 2.72. The summed E-state index contributed by atoms with van der Waals surface area (Å²) < 4.78 is 4.68. The first-order chi connectivity index (χ1) is 6.27. The van der Waals surface area contributed by atoms with Crippen LogP contribution in [0.25, 0.3) is 5.73 Å². The summed E-state index contributed by atoms with van der Waals surface area (Å²) in [5, 5.41) is 5.75. The molecule has 1 aromatic rings. The Labute approximate surface area is 80.8 Å². The summed E-state index contributed by atoms with van der Waals surface area (Å²) >= 11 is 1.95. The number of nitrogens with zero attached hydrogens (tertiary/aromatic N) is 3. The average molecular weight is 200 g/mol. The molecule has 0 spiro atoms. The van der Waals surface area contributed by atoms with E-state index in [-0.39, 0.29) is 5.88 Å². The predicted octanol–water partition coefficient (Wildman–Crippen LogP) is 0.719. The predicted molar refractivity (Wildman–Crippen MR) is 50.6 cm³/mol. The van der Waals surface area contributed by atoms with Gasteiger partial charge >= 0.3 is 0 Å². The van der Waals surface area contributed by atoms with Crippen LogP contribution in [0.4, 0.5) is 5.88 Å². The zero-order valence-electron chi connectivity index (χ0n) is 7.43. The van der Waals surface area contributed by atoms with E-state index in [4.69, 9.17) is 5.73 Å². The van der Waals surface area contributed by atoms with E-state index in [1.165, 1.54) is 12.2 Å². The van der Waals surface area contributed by atoms with Gasteiger partial charge in [-0.25, -0.2) is 0 Å². The first-order valence-electron chi connectivity index (χ1n) is 4.18. The number of aromatic nitrogens is 2. The lowest BCUT2D eigenvalue weighted by atomic mass is 10.3. The summed E-state index contributed by atoms with van der Waals surface area (Å²) in [6.45, 7) is 0. The molecule has 0 bridgehead atoms. The maximum Gasteiger partial charge on any atom is 0.256 e. The van der Waals surface area contributed by atoms with Crippen molar-refractivity contribution in [2.24, 2.45) is 0 Å². The molecule has 0 radical (unpaired) electrons. The highest BCUT2D eigenvalue weighted by molar-refractivity contribution is 7.99. The third-order valence-corrected chi connectivity index (χ3v) is 3.36. The van der Waals surface area contributed by atoms with Crippen LogP contribution in [0, 0.1) is 0 Å². The van der Waals surface area contributed by atoms with Crippen molar-refractivity contribution in [2.75, 3.05) is 23.6 Å². The maximum absolute atomic E-state index is 7.20. The Morgan fingerprint density at radius 1 is 1.85 bits per heavy atom. The van der Waals surface area contributed by atoms with Gasteiger partial charge in [-0.3, -0.25) is 0 Å². The molecule has 0 saturated carbocycles. The molecule has 1 aromatic heterocycles. The minimum atomic E-state index is 0.0949. The molecule has 6 heteroatoms. The van der Waals surface area contributed by atoms with Gasteiger partial charge in [-0.2, -0.15) is 16.8 Å². The van der Waals surface area contributed by atoms with Gasteiger partial charge in [-0.15, -0.1) is 0 Å². The highest BCUT2D eigenvalue weighted by Gasteiger charge is 2.27. The lowest BCUT2D eigenvalue weighted by molar-refractivity contribution is -0.758. The molecule has 1 saturated heterocycles. The fourth-order valence-corrected chi connectivity index (χ4v) is 2.63. The fourth-order valence-electron chi connectivity index (χ4n) is 1.37. The van der Waals surface area contributed by atoms with Gasteiger partial charge in [0.15, 0.2) is 0 Å². The van der Waals surface area contributed by atoms with Crippen LogP contribution >= 0.6 is 11.8 Å². The summed E-state index contributed by atoms with van der Waals surface area (Å²) in [6.07, 6.45) is 2.75. The smallest absolute Gasteiger partial charge is 0.256 e. The molecule has 0 aromatic carbocycles. The number of hydrogen-bond acceptors (Lipinski definition) is 4. The van der Waals surface area contributed by atoms with Crippen molar-refractivity contribution in [1.82, 2.24) is 5.27 Å². The van der Waals surface area contributed by atoms with Gasteiger partial charge in [0.1, 0.15) is 5.88 Å².